The Morgan fingerprint density at radius 1 is 1.17 bits per heavy atom. The number of fused-ring (bicyclic) bond motifs is 1. The minimum atomic E-state index is 0.734. The minimum absolute atomic E-state index is 0.734. The number of hydrogen-bond donors (Lipinski definition) is 0. The molecule has 0 N–H and O–H groups in total. The SMILES string of the molecule is C=[N+]1C(C)CC2CCCCCC21. The molecule has 1 aliphatic heterocycles. The van der Waals surface area contributed by atoms with Gasteiger partial charge in [-0.15, -0.1) is 0 Å². The first-order valence-electron chi connectivity index (χ1n) is 5.38. The van der Waals surface area contributed by atoms with E-state index in [1.807, 2.05) is 0 Å². The Morgan fingerprint density at radius 3 is 2.75 bits per heavy atom. The summed E-state index contributed by atoms with van der Waals surface area (Å²) in [6.45, 7) is 6.50. The molecule has 1 aliphatic carbocycles. The van der Waals surface area contributed by atoms with Crippen LogP contribution in [0, 0.1) is 5.92 Å². The first kappa shape index (κ1) is 8.28. The monoisotopic (exact) mass is 166 g/mol. The zero-order valence-electron chi connectivity index (χ0n) is 8.13. The molecule has 0 radical (unpaired) electrons. The lowest BCUT2D eigenvalue weighted by molar-refractivity contribution is -0.571. The third-order valence-corrected chi connectivity index (χ3v) is 3.75. The van der Waals surface area contributed by atoms with Crippen molar-refractivity contribution in [3.8, 4) is 0 Å². The van der Waals surface area contributed by atoms with Crippen molar-refractivity contribution in [2.75, 3.05) is 0 Å². The van der Waals surface area contributed by atoms with E-state index >= 15 is 0 Å². The van der Waals surface area contributed by atoms with Gasteiger partial charge in [0, 0.05) is 18.8 Å². The fourth-order valence-corrected chi connectivity index (χ4v) is 2.98. The fraction of sp³-hybridized carbons (Fsp3) is 0.909. The third kappa shape index (κ3) is 1.30. The highest BCUT2D eigenvalue weighted by Gasteiger charge is 2.41. The predicted octanol–water partition coefficient (Wildman–Crippen LogP) is 2.44. The Hall–Kier alpha value is -0.330. The molecule has 2 aliphatic rings. The van der Waals surface area contributed by atoms with Crippen molar-refractivity contribution in [1.29, 1.82) is 0 Å². The van der Waals surface area contributed by atoms with Gasteiger partial charge in [0.25, 0.3) is 0 Å². The van der Waals surface area contributed by atoms with Crippen molar-refractivity contribution in [1.82, 2.24) is 0 Å². The quantitative estimate of drug-likeness (QED) is 0.486. The van der Waals surface area contributed by atoms with Gasteiger partial charge in [-0.2, -0.15) is 0 Å². The van der Waals surface area contributed by atoms with Crippen LogP contribution in [0.25, 0.3) is 0 Å². The van der Waals surface area contributed by atoms with E-state index in [0.717, 1.165) is 18.0 Å². The molecular formula is C11H20N+. The molecule has 68 valence electrons. The topological polar surface area (TPSA) is 3.01 Å². The van der Waals surface area contributed by atoms with Crippen LogP contribution in [0.3, 0.4) is 0 Å². The number of rotatable bonds is 0. The van der Waals surface area contributed by atoms with Gasteiger partial charge in [0.2, 0.25) is 0 Å². The molecule has 0 aromatic rings. The normalized spacial score (nSPS) is 42.4. The van der Waals surface area contributed by atoms with Gasteiger partial charge < -0.3 is 0 Å². The van der Waals surface area contributed by atoms with Gasteiger partial charge in [0.15, 0.2) is 6.04 Å². The summed E-state index contributed by atoms with van der Waals surface area (Å²) in [6.07, 6.45) is 8.60. The second-order valence-corrected chi connectivity index (χ2v) is 4.56. The maximum absolute atomic E-state index is 4.18. The third-order valence-electron chi connectivity index (χ3n) is 3.75. The van der Waals surface area contributed by atoms with Gasteiger partial charge in [-0.25, -0.2) is 4.58 Å². The van der Waals surface area contributed by atoms with Gasteiger partial charge >= 0.3 is 0 Å². The van der Waals surface area contributed by atoms with E-state index in [1.165, 1.54) is 38.5 Å². The summed E-state index contributed by atoms with van der Waals surface area (Å²) in [5.74, 6) is 0.972. The van der Waals surface area contributed by atoms with E-state index < -0.39 is 0 Å². The average molecular weight is 166 g/mol. The van der Waals surface area contributed by atoms with E-state index in [9.17, 15) is 0 Å². The smallest absolute Gasteiger partial charge is 0.155 e. The van der Waals surface area contributed by atoms with Crippen LogP contribution in [-0.2, 0) is 0 Å². The van der Waals surface area contributed by atoms with Gasteiger partial charge in [-0.1, -0.05) is 12.8 Å². The van der Waals surface area contributed by atoms with E-state index in [0.29, 0.717) is 0 Å². The molecule has 3 unspecified atom stereocenters. The summed E-state index contributed by atoms with van der Waals surface area (Å²) in [5, 5.41) is 0. The average Bonchev–Trinajstić information content (AvgIpc) is 2.30. The summed E-state index contributed by atoms with van der Waals surface area (Å²) < 4.78 is 2.37. The summed E-state index contributed by atoms with van der Waals surface area (Å²) >= 11 is 0. The first-order valence-corrected chi connectivity index (χ1v) is 5.38. The number of nitrogens with zero attached hydrogens (tertiary/aromatic N) is 1. The van der Waals surface area contributed by atoms with Crippen molar-refractivity contribution < 1.29 is 4.58 Å². The lowest BCUT2D eigenvalue weighted by atomic mass is 9.95. The second-order valence-electron chi connectivity index (χ2n) is 4.56. The second kappa shape index (κ2) is 3.20. The van der Waals surface area contributed by atoms with Crippen LogP contribution in [0.1, 0.15) is 45.4 Å². The van der Waals surface area contributed by atoms with Crippen LogP contribution >= 0.6 is 0 Å². The van der Waals surface area contributed by atoms with E-state index in [2.05, 4.69) is 18.2 Å². The van der Waals surface area contributed by atoms with Crippen molar-refractivity contribution in [3.63, 3.8) is 0 Å². The summed E-state index contributed by atoms with van der Waals surface area (Å²) in [4.78, 5) is 0. The molecule has 0 amide bonds. The van der Waals surface area contributed by atoms with Crippen LogP contribution in [0.4, 0.5) is 0 Å². The van der Waals surface area contributed by atoms with E-state index in [1.54, 1.807) is 0 Å². The summed E-state index contributed by atoms with van der Waals surface area (Å²) in [7, 11) is 0. The summed E-state index contributed by atoms with van der Waals surface area (Å²) in [5.41, 5.74) is 0. The molecule has 12 heavy (non-hydrogen) atoms. The van der Waals surface area contributed by atoms with Crippen LogP contribution < -0.4 is 0 Å². The molecule has 1 nitrogen and oxygen atoms in total. The summed E-state index contributed by atoms with van der Waals surface area (Å²) in [6, 6.07) is 1.56. The van der Waals surface area contributed by atoms with Gasteiger partial charge in [-0.05, 0) is 19.8 Å². The zero-order valence-corrected chi connectivity index (χ0v) is 8.13. The van der Waals surface area contributed by atoms with Crippen molar-refractivity contribution in [2.45, 2.75) is 57.5 Å². The molecule has 0 spiro atoms. The standard InChI is InChI=1S/C11H20N/c1-9-8-10-6-4-3-5-7-11(10)12(9)2/h9-11H,2-8H2,1H3/q+1. The lowest BCUT2D eigenvalue weighted by Crippen LogP contribution is -2.25. The highest BCUT2D eigenvalue weighted by Crippen LogP contribution is 2.35. The zero-order chi connectivity index (χ0) is 8.55. The molecule has 0 bridgehead atoms. The van der Waals surface area contributed by atoms with Crippen LogP contribution in [0.5, 0.6) is 0 Å². The van der Waals surface area contributed by atoms with Crippen molar-refractivity contribution >= 4 is 6.72 Å². The van der Waals surface area contributed by atoms with Crippen LogP contribution in [-0.4, -0.2) is 23.4 Å². The van der Waals surface area contributed by atoms with Crippen molar-refractivity contribution in [2.24, 2.45) is 5.92 Å². The first-order chi connectivity index (χ1) is 5.79. The predicted molar refractivity (Wildman–Crippen MR) is 51.8 cm³/mol. The Balaban J connectivity index is 2.09. The molecule has 2 rings (SSSR count). The maximum atomic E-state index is 4.18. The Kier molecular flexibility index (Phi) is 2.20. The van der Waals surface area contributed by atoms with E-state index in [4.69, 9.17) is 0 Å². The molecule has 0 aromatic carbocycles. The molecule has 3 atom stereocenters. The Labute approximate surface area is 75.5 Å². The lowest BCUT2D eigenvalue weighted by Gasteiger charge is -2.10. The van der Waals surface area contributed by atoms with Gasteiger partial charge in [-0.3, -0.25) is 0 Å². The molecular weight excluding hydrogens is 146 g/mol. The minimum Gasteiger partial charge on any atom is -0.237 e. The van der Waals surface area contributed by atoms with E-state index in [-0.39, 0.29) is 0 Å². The molecule has 2 fully saturated rings. The molecule has 0 aromatic heterocycles. The molecule has 1 saturated carbocycles. The highest BCUT2D eigenvalue weighted by molar-refractivity contribution is 5.16. The van der Waals surface area contributed by atoms with Crippen LogP contribution in [0.2, 0.25) is 0 Å². The molecule has 1 saturated heterocycles. The van der Waals surface area contributed by atoms with Crippen molar-refractivity contribution in [3.05, 3.63) is 0 Å². The number of hydrogen-bond acceptors (Lipinski definition) is 0. The fourth-order valence-electron chi connectivity index (χ4n) is 2.98. The maximum Gasteiger partial charge on any atom is 0.155 e. The molecule has 1 heterocycles. The Bertz CT molecular complexity index is 185. The largest absolute Gasteiger partial charge is 0.237 e. The van der Waals surface area contributed by atoms with Gasteiger partial charge in [0.1, 0.15) is 12.8 Å². The molecule has 1 heteroatoms. The highest BCUT2D eigenvalue weighted by atomic mass is 15.1. The Morgan fingerprint density at radius 2 is 1.92 bits per heavy atom. The van der Waals surface area contributed by atoms with Gasteiger partial charge in [0.05, 0.1) is 0 Å². The van der Waals surface area contributed by atoms with Crippen LogP contribution in [0.15, 0.2) is 0 Å².